The molecule has 32 heavy (non-hydrogen) atoms. The first-order chi connectivity index (χ1) is 15.7. The fourth-order valence-corrected chi connectivity index (χ4v) is 3.77. The summed E-state index contributed by atoms with van der Waals surface area (Å²) >= 11 is 0. The first-order valence-electron chi connectivity index (χ1n) is 10.6. The standard InChI is InChI=1S/C21H23F2N7O2/c22-13-28-14-25-21(23)18(28)9-16-11-24-19-5-4-17(27-30(16)19)15-10-26-29(12-15)6-8-32-20-3-1-2-7-31-20/h4-5,10-12,14,20H,1-3,6-9,13H2. The minimum atomic E-state index is -0.850. The van der Waals surface area contributed by atoms with E-state index in [1.165, 1.54) is 0 Å². The van der Waals surface area contributed by atoms with Gasteiger partial charge in [-0.1, -0.05) is 0 Å². The van der Waals surface area contributed by atoms with Gasteiger partial charge in [0.15, 0.2) is 18.7 Å². The Kier molecular flexibility index (Phi) is 5.91. The van der Waals surface area contributed by atoms with E-state index in [1.807, 2.05) is 18.3 Å². The van der Waals surface area contributed by atoms with Crippen molar-refractivity contribution in [2.45, 2.75) is 45.3 Å². The quantitative estimate of drug-likeness (QED) is 0.416. The van der Waals surface area contributed by atoms with Crippen LogP contribution >= 0.6 is 0 Å². The van der Waals surface area contributed by atoms with Crippen molar-refractivity contribution in [1.29, 1.82) is 0 Å². The van der Waals surface area contributed by atoms with E-state index < -0.39 is 12.7 Å². The number of rotatable bonds is 8. The minimum absolute atomic E-state index is 0.118. The number of aromatic nitrogens is 7. The van der Waals surface area contributed by atoms with E-state index in [2.05, 4.69) is 20.2 Å². The molecule has 11 heteroatoms. The maximum Gasteiger partial charge on any atom is 0.234 e. The van der Waals surface area contributed by atoms with Gasteiger partial charge in [-0.2, -0.15) is 14.6 Å². The molecule has 0 aromatic carbocycles. The van der Waals surface area contributed by atoms with Crippen LogP contribution in [-0.4, -0.2) is 53.4 Å². The molecule has 1 unspecified atom stereocenters. The zero-order chi connectivity index (χ0) is 21.9. The van der Waals surface area contributed by atoms with Crippen LogP contribution < -0.4 is 0 Å². The van der Waals surface area contributed by atoms with Crippen molar-refractivity contribution < 1.29 is 18.3 Å². The Morgan fingerprint density at radius 1 is 1.19 bits per heavy atom. The third-order valence-corrected chi connectivity index (χ3v) is 5.50. The first kappa shape index (κ1) is 20.7. The highest BCUT2D eigenvalue weighted by atomic mass is 19.1. The lowest BCUT2D eigenvalue weighted by Gasteiger charge is -2.22. The number of hydrogen-bond donors (Lipinski definition) is 0. The Labute approximate surface area is 182 Å². The molecule has 4 aromatic rings. The normalized spacial score (nSPS) is 16.8. The molecule has 1 atom stereocenters. The van der Waals surface area contributed by atoms with Crippen molar-refractivity contribution in [3.8, 4) is 11.3 Å². The van der Waals surface area contributed by atoms with Crippen LogP contribution in [0.3, 0.4) is 0 Å². The largest absolute Gasteiger partial charge is 0.353 e. The summed E-state index contributed by atoms with van der Waals surface area (Å²) < 4.78 is 43.0. The summed E-state index contributed by atoms with van der Waals surface area (Å²) in [5.74, 6) is -0.698. The molecule has 9 nitrogen and oxygen atoms in total. The molecule has 0 N–H and O–H groups in total. The van der Waals surface area contributed by atoms with E-state index in [4.69, 9.17) is 9.47 Å². The summed E-state index contributed by atoms with van der Waals surface area (Å²) in [6, 6.07) is 3.68. The summed E-state index contributed by atoms with van der Waals surface area (Å²) in [6.45, 7) is 1.02. The minimum Gasteiger partial charge on any atom is -0.353 e. The summed E-state index contributed by atoms with van der Waals surface area (Å²) in [7, 11) is 0. The molecule has 1 fully saturated rings. The number of fused-ring (bicyclic) bond motifs is 1. The third kappa shape index (κ3) is 4.26. The molecule has 0 amide bonds. The fourth-order valence-electron chi connectivity index (χ4n) is 3.77. The fraction of sp³-hybridized carbons (Fsp3) is 0.429. The van der Waals surface area contributed by atoms with Gasteiger partial charge in [-0.15, -0.1) is 0 Å². The summed E-state index contributed by atoms with van der Waals surface area (Å²) in [5, 5.41) is 9.03. The van der Waals surface area contributed by atoms with Crippen molar-refractivity contribution in [3.05, 3.63) is 54.4 Å². The van der Waals surface area contributed by atoms with E-state index in [-0.39, 0.29) is 18.4 Å². The Hall–Kier alpha value is -3.18. The summed E-state index contributed by atoms with van der Waals surface area (Å²) in [4.78, 5) is 7.86. The van der Waals surface area contributed by atoms with Gasteiger partial charge < -0.3 is 14.0 Å². The smallest absolute Gasteiger partial charge is 0.234 e. The average Bonchev–Trinajstić information content (AvgIpc) is 3.54. The van der Waals surface area contributed by atoms with Gasteiger partial charge in [-0.3, -0.25) is 4.68 Å². The molecule has 0 aliphatic carbocycles. The number of alkyl halides is 1. The lowest BCUT2D eigenvalue weighted by Crippen LogP contribution is -2.24. The molecular formula is C21H23F2N7O2. The molecular weight excluding hydrogens is 420 g/mol. The van der Waals surface area contributed by atoms with Crippen molar-refractivity contribution in [3.63, 3.8) is 0 Å². The predicted octanol–water partition coefficient (Wildman–Crippen LogP) is 2.99. The predicted molar refractivity (Wildman–Crippen MR) is 110 cm³/mol. The van der Waals surface area contributed by atoms with E-state index in [9.17, 15) is 8.78 Å². The number of halogens is 2. The first-order valence-corrected chi connectivity index (χ1v) is 10.6. The highest BCUT2D eigenvalue weighted by Crippen LogP contribution is 2.20. The molecule has 168 valence electrons. The zero-order valence-electron chi connectivity index (χ0n) is 17.4. The number of hydrogen-bond acceptors (Lipinski definition) is 6. The van der Waals surface area contributed by atoms with Gasteiger partial charge in [0.1, 0.15) is 6.33 Å². The monoisotopic (exact) mass is 443 g/mol. The van der Waals surface area contributed by atoms with Crippen molar-refractivity contribution >= 4 is 5.65 Å². The molecule has 5 heterocycles. The van der Waals surface area contributed by atoms with Gasteiger partial charge in [0.05, 0.1) is 42.6 Å². The summed E-state index contributed by atoms with van der Waals surface area (Å²) in [6.07, 6.45) is 9.52. The third-order valence-electron chi connectivity index (χ3n) is 5.50. The average molecular weight is 443 g/mol. The Morgan fingerprint density at radius 2 is 2.12 bits per heavy atom. The van der Waals surface area contributed by atoms with Gasteiger partial charge in [0.2, 0.25) is 5.95 Å². The Bertz CT molecular complexity index is 1200. The van der Waals surface area contributed by atoms with Gasteiger partial charge in [-0.25, -0.2) is 18.9 Å². The van der Waals surface area contributed by atoms with Gasteiger partial charge >= 0.3 is 0 Å². The molecule has 1 saturated heterocycles. The highest BCUT2D eigenvalue weighted by Gasteiger charge is 2.16. The lowest BCUT2D eigenvalue weighted by molar-refractivity contribution is -0.163. The van der Waals surface area contributed by atoms with Crippen LogP contribution in [-0.2, 0) is 29.2 Å². The molecule has 0 bridgehead atoms. The zero-order valence-corrected chi connectivity index (χ0v) is 17.4. The van der Waals surface area contributed by atoms with E-state index >= 15 is 0 Å². The SMILES string of the molecule is FCn1cnc(F)c1Cc1cnc2ccc(-c3cnn(CCOC4CCCCO4)c3)nn12. The summed E-state index contributed by atoms with van der Waals surface area (Å²) in [5.41, 5.74) is 2.92. The van der Waals surface area contributed by atoms with Crippen LogP contribution in [0.2, 0.25) is 0 Å². The second-order valence-corrected chi connectivity index (χ2v) is 7.65. The Morgan fingerprint density at radius 3 is 2.97 bits per heavy atom. The number of ether oxygens (including phenoxy) is 2. The molecule has 5 rings (SSSR count). The topological polar surface area (TPSA) is 84.3 Å². The highest BCUT2D eigenvalue weighted by molar-refractivity contribution is 5.58. The maximum absolute atomic E-state index is 14.0. The molecule has 0 saturated carbocycles. The molecule has 1 aliphatic heterocycles. The van der Waals surface area contributed by atoms with Gasteiger partial charge in [-0.05, 0) is 31.4 Å². The van der Waals surface area contributed by atoms with Crippen LogP contribution in [0.25, 0.3) is 16.9 Å². The molecule has 0 radical (unpaired) electrons. The van der Waals surface area contributed by atoms with Crippen LogP contribution in [0.15, 0.2) is 37.1 Å². The molecule has 4 aromatic heterocycles. The maximum atomic E-state index is 14.0. The second-order valence-electron chi connectivity index (χ2n) is 7.65. The Balaban J connectivity index is 1.30. The lowest BCUT2D eigenvalue weighted by atomic mass is 10.2. The molecule has 0 spiro atoms. The van der Waals surface area contributed by atoms with Crippen LogP contribution in [0.4, 0.5) is 8.78 Å². The van der Waals surface area contributed by atoms with Gasteiger partial charge in [0.25, 0.3) is 0 Å². The van der Waals surface area contributed by atoms with Crippen molar-refractivity contribution in [2.24, 2.45) is 0 Å². The van der Waals surface area contributed by atoms with E-state index in [0.717, 1.165) is 42.3 Å². The van der Waals surface area contributed by atoms with Crippen LogP contribution in [0.1, 0.15) is 30.7 Å². The van der Waals surface area contributed by atoms with E-state index in [1.54, 1.807) is 21.6 Å². The van der Waals surface area contributed by atoms with Crippen molar-refractivity contribution in [1.82, 2.24) is 33.9 Å². The second kappa shape index (κ2) is 9.13. The van der Waals surface area contributed by atoms with Crippen LogP contribution in [0, 0.1) is 5.95 Å². The van der Waals surface area contributed by atoms with Crippen molar-refractivity contribution in [2.75, 3.05) is 13.2 Å². The van der Waals surface area contributed by atoms with E-state index in [0.29, 0.717) is 30.2 Å². The van der Waals surface area contributed by atoms with Crippen LogP contribution in [0.5, 0.6) is 0 Å². The molecule has 1 aliphatic rings. The van der Waals surface area contributed by atoms with Gasteiger partial charge in [0, 0.05) is 24.8 Å². The number of imidazole rings is 2. The number of nitrogens with zero attached hydrogens (tertiary/aromatic N) is 7.